The number of halogens is 1. The highest BCUT2D eigenvalue weighted by molar-refractivity contribution is 6.29. The summed E-state index contributed by atoms with van der Waals surface area (Å²) in [5.41, 5.74) is 1.79. The second-order valence-corrected chi connectivity index (χ2v) is 11.4. The maximum absolute atomic E-state index is 12.5. The van der Waals surface area contributed by atoms with Crippen LogP contribution in [0.15, 0.2) is 34.9 Å². The molecule has 2 aliphatic carbocycles. The van der Waals surface area contributed by atoms with Gasteiger partial charge in [-0.05, 0) is 68.9 Å². The van der Waals surface area contributed by atoms with Gasteiger partial charge in [0.25, 0.3) is 0 Å². The summed E-state index contributed by atoms with van der Waals surface area (Å²) in [5, 5.41) is 23.8. The standard InChI is InChI=1S/C26H41ClN2O3/c1-18(30)23(28-24(32)19-7-12-22(31)16-19)6-5-14-29-15-13-26(4,25(2,3)17-29)20-8-10-21(27)11-9-20/h5-6,8,10,18-19,22-23,30-31H,7,9,11-17H2,1-4H3,(H,28,32)/b6-5+/t18?,19-,22+,23+,26?/m1/s1. The number of carbonyl (C=O) groups excluding carboxylic acids is 1. The van der Waals surface area contributed by atoms with Crippen molar-refractivity contribution in [2.75, 3.05) is 19.6 Å². The van der Waals surface area contributed by atoms with Crippen LogP contribution in [0.5, 0.6) is 0 Å². The van der Waals surface area contributed by atoms with Crippen molar-refractivity contribution in [3.8, 4) is 0 Å². The molecule has 2 unspecified atom stereocenters. The van der Waals surface area contributed by atoms with Gasteiger partial charge in [-0.15, -0.1) is 0 Å². The normalized spacial score (nSPS) is 33.0. The van der Waals surface area contributed by atoms with E-state index in [4.69, 9.17) is 11.6 Å². The molecule has 3 rings (SSSR count). The summed E-state index contributed by atoms with van der Waals surface area (Å²) in [4.78, 5) is 15.0. The van der Waals surface area contributed by atoms with Crippen molar-refractivity contribution in [3.63, 3.8) is 0 Å². The first-order valence-corrected chi connectivity index (χ1v) is 12.5. The summed E-state index contributed by atoms with van der Waals surface area (Å²) >= 11 is 6.19. The van der Waals surface area contributed by atoms with E-state index in [0.29, 0.717) is 19.3 Å². The van der Waals surface area contributed by atoms with Crippen LogP contribution in [-0.4, -0.2) is 58.9 Å². The molecule has 1 saturated carbocycles. The van der Waals surface area contributed by atoms with Gasteiger partial charge < -0.3 is 15.5 Å². The zero-order valence-electron chi connectivity index (χ0n) is 20.1. The van der Waals surface area contributed by atoms with Crippen molar-refractivity contribution in [1.82, 2.24) is 10.2 Å². The molecular weight excluding hydrogens is 424 g/mol. The monoisotopic (exact) mass is 464 g/mol. The predicted molar refractivity (Wildman–Crippen MR) is 130 cm³/mol. The van der Waals surface area contributed by atoms with Crippen molar-refractivity contribution < 1.29 is 15.0 Å². The van der Waals surface area contributed by atoms with E-state index in [1.165, 1.54) is 5.57 Å². The van der Waals surface area contributed by atoms with Crippen LogP contribution in [0.25, 0.3) is 0 Å². The highest BCUT2D eigenvalue weighted by Crippen LogP contribution is 2.52. The van der Waals surface area contributed by atoms with Crippen LogP contribution in [0.2, 0.25) is 0 Å². The fourth-order valence-electron chi connectivity index (χ4n) is 5.52. The summed E-state index contributed by atoms with van der Waals surface area (Å²) in [6, 6.07) is -0.410. The third-order valence-corrected chi connectivity index (χ3v) is 8.47. The van der Waals surface area contributed by atoms with Crippen molar-refractivity contribution in [2.24, 2.45) is 16.7 Å². The van der Waals surface area contributed by atoms with Crippen LogP contribution in [-0.2, 0) is 4.79 Å². The Hall–Kier alpha value is -1.14. The number of amides is 1. The molecule has 1 saturated heterocycles. The number of nitrogens with zero attached hydrogens (tertiary/aromatic N) is 1. The Labute approximate surface area is 198 Å². The van der Waals surface area contributed by atoms with Gasteiger partial charge >= 0.3 is 0 Å². The zero-order valence-corrected chi connectivity index (χ0v) is 20.9. The first kappa shape index (κ1) is 25.5. The lowest BCUT2D eigenvalue weighted by molar-refractivity contribution is -0.126. The number of aliphatic hydroxyl groups is 2. The largest absolute Gasteiger partial charge is 0.393 e. The predicted octanol–water partition coefficient (Wildman–Crippen LogP) is 4.15. The molecule has 5 nitrogen and oxygen atoms in total. The number of likely N-dealkylation sites (tertiary alicyclic amines) is 1. The topological polar surface area (TPSA) is 72.8 Å². The molecule has 0 bridgehead atoms. The van der Waals surface area contributed by atoms with Gasteiger partial charge in [0.1, 0.15) is 0 Å². The van der Waals surface area contributed by atoms with Crippen LogP contribution >= 0.6 is 11.6 Å². The minimum absolute atomic E-state index is 0.0677. The fraction of sp³-hybridized carbons (Fsp3) is 0.731. The van der Waals surface area contributed by atoms with Gasteiger partial charge in [-0.3, -0.25) is 9.69 Å². The number of piperidine rings is 1. The number of hydrogen-bond donors (Lipinski definition) is 3. The van der Waals surface area contributed by atoms with E-state index in [0.717, 1.165) is 43.9 Å². The minimum Gasteiger partial charge on any atom is -0.393 e. The molecule has 1 heterocycles. The second kappa shape index (κ2) is 10.4. The molecule has 1 aliphatic heterocycles. The molecule has 0 spiro atoms. The van der Waals surface area contributed by atoms with E-state index in [-0.39, 0.29) is 28.8 Å². The molecule has 2 fully saturated rings. The van der Waals surface area contributed by atoms with Gasteiger partial charge in [0, 0.05) is 24.0 Å². The van der Waals surface area contributed by atoms with E-state index in [2.05, 4.69) is 49.2 Å². The summed E-state index contributed by atoms with van der Waals surface area (Å²) in [7, 11) is 0. The van der Waals surface area contributed by atoms with Gasteiger partial charge in [-0.1, -0.05) is 56.2 Å². The molecule has 0 aromatic carbocycles. The molecule has 3 aliphatic rings. The molecule has 180 valence electrons. The number of allylic oxidation sites excluding steroid dienone is 4. The van der Waals surface area contributed by atoms with E-state index < -0.39 is 12.1 Å². The van der Waals surface area contributed by atoms with Crippen LogP contribution in [0.1, 0.15) is 66.2 Å². The molecule has 0 radical (unpaired) electrons. The van der Waals surface area contributed by atoms with Crippen LogP contribution < -0.4 is 5.32 Å². The lowest BCUT2D eigenvalue weighted by Gasteiger charge is -2.53. The summed E-state index contributed by atoms with van der Waals surface area (Å²) in [6.07, 6.45) is 12.2. The van der Waals surface area contributed by atoms with Crippen LogP contribution in [0.3, 0.4) is 0 Å². The number of aliphatic hydroxyl groups excluding tert-OH is 2. The molecule has 0 aromatic heterocycles. The van der Waals surface area contributed by atoms with Crippen molar-refractivity contribution in [3.05, 3.63) is 34.9 Å². The van der Waals surface area contributed by atoms with Crippen molar-refractivity contribution in [1.29, 1.82) is 0 Å². The maximum atomic E-state index is 12.5. The van der Waals surface area contributed by atoms with Gasteiger partial charge in [0.2, 0.25) is 5.91 Å². The van der Waals surface area contributed by atoms with E-state index in [1.54, 1.807) is 6.92 Å². The maximum Gasteiger partial charge on any atom is 0.223 e. The summed E-state index contributed by atoms with van der Waals surface area (Å²) in [6.45, 7) is 11.6. The third kappa shape index (κ3) is 5.85. The molecule has 1 amide bonds. The van der Waals surface area contributed by atoms with Crippen molar-refractivity contribution >= 4 is 17.5 Å². The Morgan fingerprint density at radius 2 is 2.06 bits per heavy atom. The van der Waals surface area contributed by atoms with Gasteiger partial charge in [-0.25, -0.2) is 0 Å². The van der Waals surface area contributed by atoms with Gasteiger partial charge in [0.05, 0.1) is 18.2 Å². The first-order chi connectivity index (χ1) is 15.0. The fourth-order valence-corrected chi connectivity index (χ4v) is 5.68. The molecule has 6 heteroatoms. The molecule has 0 aromatic rings. The minimum atomic E-state index is -0.666. The number of nitrogens with one attached hydrogen (secondary N) is 1. The number of carbonyl (C=O) groups is 1. The lowest BCUT2D eigenvalue weighted by atomic mass is 9.57. The quantitative estimate of drug-likeness (QED) is 0.495. The SMILES string of the molecule is CC(O)[C@H](/C=C/CN1CCC(C)(C2=CC=C(Cl)CC2)C(C)(C)C1)NC(=O)[C@@H]1CC[C@H](O)C1. The Morgan fingerprint density at radius 3 is 2.62 bits per heavy atom. The number of rotatable bonds is 7. The van der Waals surface area contributed by atoms with E-state index in [9.17, 15) is 15.0 Å². The lowest BCUT2D eigenvalue weighted by Crippen LogP contribution is -2.52. The first-order valence-electron chi connectivity index (χ1n) is 12.1. The molecule has 3 N–H and O–H groups in total. The average molecular weight is 465 g/mol. The Morgan fingerprint density at radius 1 is 1.31 bits per heavy atom. The van der Waals surface area contributed by atoms with Gasteiger partial charge in [-0.2, -0.15) is 0 Å². The van der Waals surface area contributed by atoms with Crippen LogP contribution in [0.4, 0.5) is 0 Å². The highest BCUT2D eigenvalue weighted by Gasteiger charge is 2.47. The Bertz CT molecular complexity index is 773. The van der Waals surface area contributed by atoms with Crippen LogP contribution in [0, 0.1) is 16.7 Å². The smallest absolute Gasteiger partial charge is 0.223 e. The highest BCUT2D eigenvalue weighted by atomic mass is 35.5. The summed E-state index contributed by atoms with van der Waals surface area (Å²) in [5.74, 6) is -0.221. The molecular formula is C26H41ClN2O3. The van der Waals surface area contributed by atoms with E-state index >= 15 is 0 Å². The molecule has 32 heavy (non-hydrogen) atoms. The zero-order chi connectivity index (χ0) is 23.5. The summed E-state index contributed by atoms with van der Waals surface area (Å²) < 4.78 is 0. The Kier molecular flexibility index (Phi) is 8.30. The average Bonchev–Trinajstić information content (AvgIpc) is 3.16. The van der Waals surface area contributed by atoms with E-state index in [1.807, 2.05) is 6.08 Å². The van der Waals surface area contributed by atoms with Crippen molar-refractivity contribution in [2.45, 2.75) is 84.5 Å². The molecule has 5 atom stereocenters. The third-order valence-electron chi connectivity index (χ3n) is 8.16. The second-order valence-electron chi connectivity index (χ2n) is 10.9. The number of hydrogen-bond acceptors (Lipinski definition) is 4. The Balaban J connectivity index is 1.56. The van der Waals surface area contributed by atoms with Gasteiger partial charge in [0.15, 0.2) is 0 Å².